The molecule has 2 N–H and O–H groups in total. The molecule has 0 aliphatic heterocycles. The largest absolute Gasteiger partial charge is 0.345 e. The fourth-order valence-corrected chi connectivity index (χ4v) is 3.07. The highest BCUT2D eigenvalue weighted by Gasteiger charge is 2.20. The summed E-state index contributed by atoms with van der Waals surface area (Å²) in [5.41, 5.74) is 3.46. The standard InChI is InChI=1S/C25H33N3O3/c1-6-15-28(24(31)19-9-11-20(12-10-19)25(3,4)5)17-23(30)26-16-22(29)27-21-13-7-18(2)8-14-21/h7-14H,6,15-17H2,1-5H3,(H,26,30)(H,27,29). The van der Waals surface area contributed by atoms with Gasteiger partial charge < -0.3 is 15.5 Å². The average molecular weight is 424 g/mol. The van der Waals surface area contributed by atoms with Gasteiger partial charge in [-0.3, -0.25) is 14.4 Å². The monoisotopic (exact) mass is 423 g/mol. The summed E-state index contributed by atoms with van der Waals surface area (Å²) in [4.78, 5) is 38.9. The van der Waals surface area contributed by atoms with Crippen molar-refractivity contribution in [3.8, 4) is 0 Å². The summed E-state index contributed by atoms with van der Waals surface area (Å²) in [6, 6.07) is 14.9. The number of hydrogen-bond donors (Lipinski definition) is 2. The van der Waals surface area contributed by atoms with Gasteiger partial charge >= 0.3 is 0 Å². The zero-order valence-electron chi connectivity index (χ0n) is 19.1. The first-order valence-corrected chi connectivity index (χ1v) is 10.6. The normalized spacial score (nSPS) is 11.0. The van der Waals surface area contributed by atoms with Crippen LogP contribution in [0, 0.1) is 6.92 Å². The summed E-state index contributed by atoms with van der Waals surface area (Å²) < 4.78 is 0. The van der Waals surface area contributed by atoms with Gasteiger partial charge in [0.2, 0.25) is 11.8 Å². The number of hydrogen-bond acceptors (Lipinski definition) is 3. The van der Waals surface area contributed by atoms with E-state index < -0.39 is 0 Å². The van der Waals surface area contributed by atoms with Crippen molar-refractivity contribution in [3.63, 3.8) is 0 Å². The first-order valence-electron chi connectivity index (χ1n) is 10.6. The van der Waals surface area contributed by atoms with Crippen LogP contribution in [0.1, 0.15) is 55.6 Å². The predicted octanol–water partition coefficient (Wildman–Crippen LogP) is 3.90. The lowest BCUT2D eigenvalue weighted by atomic mass is 9.86. The van der Waals surface area contributed by atoms with Gasteiger partial charge in [-0.25, -0.2) is 0 Å². The second kappa shape index (κ2) is 10.8. The molecule has 166 valence electrons. The maximum atomic E-state index is 12.9. The van der Waals surface area contributed by atoms with Crippen molar-refractivity contribution in [3.05, 3.63) is 65.2 Å². The first kappa shape index (κ1) is 24.1. The first-order chi connectivity index (χ1) is 14.6. The van der Waals surface area contributed by atoms with Crippen LogP contribution < -0.4 is 10.6 Å². The number of amides is 3. The summed E-state index contributed by atoms with van der Waals surface area (Å²) in [6.07, 6.45) is 0.729. The van der Waals surface area contributed by atoms with Crippen molar-refractivity contribution >= 4 is 23.4 Å². The molecule has 31 heavy (non-hydrogen) atoms. The van der Waals surface area contributed by atoms with Crippen LogP contribution in [-0.2, 0) is 15.0 Å². The Hall–Kier alpha value is -3.15. The molecule has 0 spiro atoms. The molecule has 0 atom stereocenters. The third-order valence-corrected chi connectivity index (χ3v) is 4.89. The topological polar surface area (TPSA) is 78.5 Å². The van der Waals surface area contributed by atoms with E-state index in [9.17, 15) is 14.4 Å². The second-order valence-corrected chi connectivity index (χ2v) is 8.74. The smallest absolute Gasteiger partial charge is 0.254 e. The van der Waals surface area contributed by atoms with E-state index in [0.717, 1.165) is 17.5 Å². The number of benzene rings is 2. The van der Waals surface area contributed by atoms with Gasteiger partial charge in [-0.15, -0.1) is 0 Å². The van der Waals surface area contributed by atoms with Crippen LogP contribution in [0.15, 0.2) is 48.5 Å². The Labute approximate surface area is 185 Å². The van der Waals surface area contributed by atoms with Crippen molar-refractivity contribution in [1.82, 2.24) is 10.2 Å². The Morgan fingerprint density at radius 1 is 0.903 bits per heavy atom. The van der Waals surface area contributed by atoms with Crippen LogP contribution in [0.2, 0.25) is 0 Å². The maximum Gasteiger partial charge on any atom is 0.254 e. The fraction of sp³-hybridized carbons (Fsp3) is 0.400. The van der Waals surface area contributed by atoms with Crippen molar-refractivity contribution in [2.45, 2.75) is 46.5 Å². The van der Waals surface area contributed by atoms with Gasteiger partial charge in [-0.05, 0) is 48.6 Å². The molecule has 6 nitrogen and oxygen atoms in total. The molecule has 0 aliphatic rings. The fourth-order valence-electron chi connectivity index (χ4n) is 3.07. The minimum Gasteiger partial charge on any atom is -0.345 e. The molecule has 0 heterocycles. The van der Waals surface area contributed by atoms with E-state index in [1.165, 1.54) is 4.90 Å². The molecule has 0 bridgehead atoms. The van der Waals surface area contributed by atoms with Crippen molar-refractivity contribution in [2.75, 3.05) is 25.0 Å². The molecule has 2 rings (SSSR count). The van der Waals surface area contributed by atoms with Crippen LogP contribution >= 0.6 is 0 Å². The highest BCUT2D eigenvalue weighted by molar-refractivity contribution is 5.98. The number of anilines is 1. The number of carbonyl (C=O) groups excluding carboxylic acids is 3. The highest BCUT2D eigenvalue weighted by Crippen LogP contribution is 2.22. The third kappa shape index (κ3) is 7.55. The Bertz CT molecular complexity index is 897. The molecule has 0 radical (unpaired) electrons. The van der Waals surface area contributed by atoms with Crippen molar-refractivity contribution in [1.29, 1.82) is 0 Å². The summed E-state index contributed by atoms with van der Waals surface area (Å²) in [5.74, 6) is -0.878. The van der Waals surface area contributed by atoms with Gasteiger partial charge in [0, 0.05) is 17.8 Å². The molecule has 2 aromatic rings. The van der Waals surface area contributed by atoms with Gasteiger partial charge in [-0.2, -0.15) is 0 Å². The highest BCUT2D eigenvalue weighted by atomic mass is 16.2. The van der Waals surface area contributed by atoms with Gasteiger partial charge in [-0.1, -0.05) is 57.5 Å². The lowest BCUT2D eigenvalue weighted by molar-refractivity contribution is -0.124. The van der Waals surface area contributed by atoms with Gasteiger partial charge in [0.05, 0.1) is 13.1 Å². The SMILES string of the molecule is CCCN(CC(=O)NCC(=O)Nc1ccc(C)cc1)C(=O)c1ccc(C(C)(C)C)cc1. The molecule has 0 saturated heterocycles. The van der Waals surface area contributed by atoms with Crippen molar-refractivity contribution < 1.29 is 14.4 Å². The average Bonchev–Trinajstić information content (AvgIpc) is 2.72. The van der Waals surface area contributed by atoms with Crippen LogP contribution in [0.5, 0.6) is 0 Å². The molecule has 3 amide bonds. The number of nitrogens with zero attached hydrogens (tertiary/aromatic N) is 1. The van der Waals surface area contributed by atoms with Gasteiger partial charge in [0.1, 0.15) is 0 Å². The van der Waals surface area contributed by atoms with Crippen LogP contribution in [-0.4, -0.2) is 42.3 Å². The van der Waals surface area contributed by atoms with E-state index >= 15 is 0 Å². The molecule has 2 aromatic carbocycles. The zero-order chi connectivity index (χ0) is 23.0. The molecular formula is C25H33N3O3. The number of aryl methyl sites for hydroxylation is 1. The van der Waals surface area contributed by atoms with Crippen LogP contribution in [0.3, 0.4) is 0 Å². The van der Waals surface area contributed by atoms with E-state index in [0.29, 0.717) is 17.8 Å². The summed E-state index contributed by atoms with van der Waals surface area (Å²) >= 11 is 0. The Kier molecular flexibility index (Phi) is 8.37. The Morgan fingerprint density at radius 2 is 1.52 bits per heavy atom. The molecule has 0 fully saturated rings. The van der Waals surface area contributed by atoms with Crippen LogP contribution in [0.25, 0.3) is 0 Å². The van der Waals surface area contributed by atoms with E-state index in [4.69, 9.17) is 0 Å². The molecular weight excluding hydrogens is 390 g/mol. The van der Waals surface area contributed by atoms with Crippen LogP contribution in [0.4, 0.5) is 5.69 Å². The minimum atomic E-state index is -0.368. The molecule has 0 aromatic heterocycles. The number of rotatable bonds is 8. The van der Waals surface area contributed by atoms with Gasteiger partial charge in [0.15, 0.2) is 0 Å². The summed E-state index contributed by atoms with van der Waals surface area (Å²) in [6.45, 7) is 10.5. The van der Waals surface area contributed by atoms with E-state index in [-0.39, 0.29) is 36.2 Å². The van der Waals surface area contributed by atoms with E-state index in [1.807, 2.05) is 50.2 Å². The van der Waals surface area contributed by atoms with Crippen molar-refractivity contribution in [2.24, 2.45) is 0 Å². The third-order valence-electron chi connectivity index (χ3n) is 4.89. The lowest BCUT2D eigenvalue weighted by Gasteiger charge is -2.23. The maximum absolute atomic E-state index is 12.9. The predicted molar refractivity (Wildman–Crippen MR) is 124 cm³/mol. The molecule has 0 unspecified atom stereocenters. The Balaban J connectivity index is 1.92. The Morgan fingerprint density at radius 3 is 2.06 bits per heavy atom. The van der Waals surface area contributed by atoms with E-state index in [1.54, 1.807) is 12.1 Å². The molecule has 0 saturated carbocycles. The summed E-state index contributed by atoms with van der Waals surface area (Å²) in [5, 5.41) is 5.33. The molecule has 0 aliphatic carbocycles. The van der Waals surface area contributed by atoms with E-state index in [2.05, 4.69) is 31.4 Å². The number of nitrogens with one attached hydrogen (secondary N) is 2. The second-order valence-electron chi connectivity index (χ2n) is 8.74. The number of carbonyl (C=O) groups is 3. The minimum absolute atomic E-state index is 0.00369. The quantitative estimate of drug-likeness (QED) is 0.676. The van der Waals surface area contributed by atoms with Gasteiger partial charge in [0.25, 0.3) is 5.91 Å². The lowest BCUT2D eigenvalue weighted by Crippen LogP contribution is -2.43. The molecule has 6 heteroatoms. The zero-order valence-corrected chi connectivity index (χ0v) is 19.1. The summed E-state index contributed by atoms with van der Waals surface area (Å²) in [7, 11) is 0.